The van der Waals surface area contributed by atoms with Crippen molar-refractivity contribution in [3.05, 3.63) is 42.6 Å². The van der Waals surface area contributed by atoms with Gasteiger partial charge in [0.25, 0.3) is 0 Å². The molecule has 24 heavy (non-hydrogen) atoms. The molecule has 128 valence electrons. The Morgan fingerprint density at radius 3 is 2.54 bits per heavy atom. The number of rotatable bonds is 5. The van der Waals surface area contributed by atoms with Crippen LogP contribution in [0.3, 0.4) is 0 Å². The van der Waals surface area contributed by atoms with E-state index in [1.807, 2.05) is 58.0 Å². The number of ether oxygens (including phenoxy) is 2. The molecule has 2 N–H and O–H groups in total. The van der Waals surface area contributed by atoms with Gasteiger partial charge in [-0.1, -0.05) is 12.1 Å². The minimum absolute atomic E-state index is 0.424. The van der Waals surface area contributed by atoms with Crippen molar-refractivity contribution in [3.63, 3.8) is 0 Å². The Hall–Kier alpha value is -2.76. The smallest absolute Gasteiger partial charge is 0.413 e. The second kappa shape index (κ2) is 7.68. The van der Waals surface area contributed by atoms with Gasteiger partial charge in [0.2, 0.25) is 0 Å². The third-order valence-electron chi connectivity index (χ3n) is 2.86. The Morgan fingerprint density at radius 2 is 1.92 bits per heavy atom. The largest absolute Gasteiger partial charge is 0.492 e. The highest BCUT2D eigenvalue weighted by atomic mass is 16.6. The van der Waals surface area contributed by atoms with Crippen LogP contribution in [0.1, 0.15) is 27.7 Å². The van der Waals surface area contributed by atoms with E-state index >= 15 is 0 Å². The predicted molar refractivity (Wildman–Crippen MR) is 95.0 cm³/mol. The first-order chi connectivity index (χ1) is 11.4. The molecule has 0 saturated heterocycles. The molecule has 0 bridgehead atoms. The van der Waals surface area contributed by atoms with E-state index in [-0.39, 0.29) is 0 Å². The molecule has 0 fully saturated rings. The summed E-state index contributed by atoms with van der Waals surface area (Å²) in [5, 5.41) is 5.84. The van der Waals surface area contributed by atoms with Gasteiger partial charge < -0.3 is 14.8 Å². The summed E-state index contributed by atoms with van der Waals surface area (Å²) < 4.78 is 10.8. The number of amides is 1. The van der Waals surface area contributed by atoms with E-state index in [1.165, 1.54) is 0 Å². The van der Waals surface area contributed by atoms with Crippen LogP contribution in [0.15, 0.2) is 42.6 Å². The van der Waals surface area contributed by atoms with Crippen molar-refractivity contribution in [3.8, 4) is 5.75 Å². The Morgan fingerprint density at radius 1 is 1.17 bits per heavy atom. The van der Waals surface area contributed by atoms with E-state index < -0.39 is 11.7 Å². The molecule has 6 heteroatoms. The molecule has 1 amide bonds. The second-order valence-corrected chi connectivity index (χ2v) is 6.11. The van der Waals surface area contributed by atoms with Crippen LogP contribution in [0.5, 0.6) is 5.75 Å². The van der Waals surface area contributed by atoms with Gasteiger partial charge in [-0.15, -0.1) is 0 Å². The number of nitrogens with zero attached hydrogens (tertiary/aromatic N) is 1. The number of anilines is 3. The molecule has 6 nitrogen and oxygen atoms in total. The van der Waals surface area contributed by atoms with Gasteiger partial charge in [-0.25, -0.2) is 9.78 Å². The summed E-state index contributed by atoms with van der Waals surface area (Å²) in [7, 11) is 0. The van der Waals surface area contributed by atoms with Crippen molar-refractivity contribution < 1.29 is 14.3 Å². The number of hydrogen-bond donors (Lipinski definition) is 2. The molecule has 2 rings (SSSR count). The van der Waals surface area contributed by atoms with Gasteiger partial charge in [-0.05, 0) is 52.0 Å². The molecule has 0 aliphatic carbocycles. The first kappa shape index (κ1) is 17.6. The number of carbonyl (C=O) groups is 1. The Bertz CT molecular complexity index is 679. The first-order valence-electron chi connectivity index (χ1n) is 7.82. The highest BCUT2D eigenvalue weighted by Gasteiger charge is 2.16. The number of nitrogens with one attached hydrogen (secondary N) is 2. The second-order valence-electron chi connectivity index (χ2n) is 6.11. The summed E-state index contributed by atoms with van der Waals surface area (Å²) in [5.74, 6) is 1.20. The maximum atomic E-state index is 11.7. The summed E-state index contributed by atoms with van der Waals surface area (Å²) in [4.78, 5) is 15.9. The van der Waals surface area contributed by atoms with Crippen LogP contribution in [-0.4, -0.2) is 23.3 Å². The predicted octanol–water partition coefficient (Wildman–Crippen LogP) is 4.57. The lowest BCUT2D eigenvalue weighted by Crippen LogP contribution is -2.27. The van der Waals surface area contributed by atoms with E-state index in [4.69, 9.17) is 9.47 Å². The summed E-state index contributed by atoms with van der Waals surface area (Å²) in [6.07, 6.45) is 1.10. The molecular weight excluding hydrogens is 306 g/mol. The monoisotopic (exact) mass is 329 g/mol. The van der Waals surface area contributed by atoms with Gasteiger partial charge in [0.1, 0.15) is 17.2 Å². The van der Waals surface area contributed by atoms with Crippen LogP contribution in [0, 0.1) is 0 Å². The number of pyridine rings is 1. The Kier molecular flexibility index (Phi) is 5.63. The molecule has 0 radical (unpaired) electrons. The van der Waals surface area contributed by atoms with Crippen LogP contribution >= 0.6 is 0 Å². The number of carbonyl (C=O) groups excluding carboxylic acids is 1. The molecule has 0 spiro atoms. The van der Waals surface area contributed by atoms with E-state index in [9.17, 15) is 4.79 Å². The Balaban J connectivity index is 2.01. The topological polar surface area (TPSA) is 72.5 Å². The van der Waals surface area contributed by atoms with Crippen molar-refractivity contribution >= 4 is 23.3 Å². The standard InChI is InChI=1S/C18H23N3O3/c1-5-23-15-9-7-6-8-14(15)20-13-10-11-16(19-12-13)21-17(22)24-18(2,3)4/h6-12,20H,5H2,1-4H3,(H,19,21,22). The lowest BCUT2D eigenvalue weighted by molar-refractivity contribution is 0.0635. The number of benzene rings is 1. The Labute approximate surface area is 142 Å². The van der Waals surface area contributed by atoms with Crippen LogP contribution in [-0.2, 0) is 4.74 Å². The van der Waals surface area contributed by atoms with Crippen molar-refractivity contribution in [1.82, 2.24) is 4.98 Å². The zero-order valence-electron chi connectivity index (χ0n) is 14.4. The van der Waals surface area contributed by atoms with E-state index in [2.05, 4.69) is 15.6 Å². The van der Waals surface area contributed by atoms with Crippen LogP contribution in [0.2, 0.25) is 0 Å². The number of aromatic nitrogens is 1. The summed E-state index contributed by atoms with van der Waals surface area (Å²) in [6.45, 7) is 7.96. The normalized spacial score (nSPS) is 10.8. The van der Waals surface area contributed by atoms with E-state index in [1.54, 1.807) is 12.3 Å². The van der Waals surface area contributed by atoms with Crippen LogP contribution in [0.4, 0.5) is 22.0 Å². The minimum atomic E-state index is -0.547. The summed E-state index contributed by atoms with van der Waals surface area (Å²) in [5.41, 5.74) is 1.10. The molecule has 0 aliphatic heterocycles. The molecule has 0 saturated carbocycles. The molecule has 0 aliphatic rings. The van der Waals surface area contributed by atoms with Crippen LogP contribution < -0.4 is 15.4 Å². The fourth-order valence-corrected chi connectivity index (χ4v) is 1.96. The summed E-state index contributed by atoms with van der Waals surface area (Å²) in [6, 6.07) is 11.2. The van der Waals surface area contributed by atoms with Gasteiger partial charge in [-0.2, -0.15) is 0 Å². The third kappa shape index (κ3) is 5.46. The van der Waals surface area contributed by atoms with Crippen molar-refractivity contribution in [2.24, 2.45) is 0 Å². The third-order valence-corrected chi connectivity index (χ3v) is 2.86. The fourth-order valence-electron chi connectivity index (χ4n) is 1.96. The minimum Gasteiger partial charge on any atom is -0.492 e. The SMILES string of the molecule is CCOc1ccccc1Nc1ccc(NC(=O)OC(C)(C)C)nc1. The molecule has 0 atom stereocenters. The van der Waals surface area contributed by atoms with Gasteiger partial charge in [0, 0.05) is 0 Å². The average Bonchev–Trinajstić information content (AvgIpc) is 2.49. The van der Waals surface area contributed by atoms with Gasteiger partial charge in [0.15, 0.2) is 0 Å². The highest BCUT2D eigenvalue weighted by molar-refractivity contribution is 5.83. The molecule has 1 aromatic carbocycles. The quantitative estimate of drug-likeness (QED) is 0.840. The maximum Gasteiger partial charge on any atom is 0.413 e. The first-order valence-corrected chi connectivity index (χ1v) is 7.82. The number of hydrogen-bond acceptors (Lipinski definition) is 5. The van der Waals surface area contributed by atoms with E-state index in [0.29, 0.717) is 12.4 Å². The highest BCUT2D eigenvalue weighted by Crippen LogP contribution is 2.27. The molecule has 0 unspecified atom stereocenters. The molecule has 1 heterocycles. The van der Waals surface area contributed by atoms with Gasteiger partial charge >= 0.3 is 6.09 Å². The lowest BCUT2D eigenvalue weighted by atomic mass is 10.2. The van der Waals surface area contributed by atoms with Crippen molar-refractivity contribution in [2.75, 3.05) is 17.2 Å². The zero-order chi connectivity index (χ0) is 17.6. The van der Waals surface area contributed by atoms with Gasteiger partial charge in [-0.3, -0.25) is 5.32 Å². The fraction of sp³-hybridized carbons (Fsp3) is 0.333. The van der Waals surface area contributed by atoms with Crippen LogP contribution in [0.25, 0.3) is 0 Å². The average molecular weight is 329 g/mol. The van der Waals surface area contributed by atoms with Gasteiger partial charge in [0.05, 0.1) is 24.2 Å². The maximum absolute atomic E-state index is 11.7. The molecule has 2 aromatic rings. The number of para-hydroxylation sites is 2. The van der Waals surface area contributed by atoms with Crippen molar-refractivity contribution in [2.45, 2.75) is 33.3 Å². The zero-order valence-corrected chi connectivity index (χ0v) is 14.4. The van der Waals surface area contributed by atoms with Crippen molar-refractivity contribution in [1.29, 1.82) is 0 Å². The molecular formula is C18H23N3O3. The molecule has 1 aromatic heterocycles. The summed E-state index contributed by atoms with van der Waals surface area (Å²) >= 11 is 0. The van der Waals surface area contributed by atoms with E-state index in [0.717, 1.165) is 17.1 Å². The lowest BCUT2D eigenvalue weighted by Gasteiger charge is -2.19.